The zero-order chi connectivity index (χ0) is 17.1. The molecule has 1 aliphatic rings. The van der Waals surface area contributed by atoms with Crippen molar-refractivity contribution in [1.82, 2.24) is 4.90 Å². The molecule has 0 aliphatic carbocycles. The number of nitrogens with zero attached hydrogens (tertiary/aromatic N) is 2. The second kappa shape index (κ2) is 6.49. The summed E-state index contributed by atoms with van der Waals surface area (Å²) in [6.45, 7) is -0.0450. The fourth-order valence-corrected chi connectivity index (χ4v) is 2.97. The van der Waals surface area contributed by atoms with Crippen LogP contribution in [0.2, 0.25) is 0 Å². The van der Waals surface area contributed by atoms with E-state index in [4.69, 9.17) is 16.1 Å². The number of thioether (sulfide) groups is 1. The second-order valence-electron chi connectivity index (χ2n) is 4.86. The van der Waals surface area contributed by atoms with Crippen molar-refractivity contribution in [1.29, 1.82) is 5.26 Å². The summed E-state index contributed by atoms with van der Waals surface area (Å²) in [7, 11) is 0. The minimum atomic E-state index is -0.417. The number of imide groups is 1. The molecule has 5 nitrogen and oxygen atoms in total. The molecule has 0 unspecified atom stereocenters. The minimum absolute atomic E-state index is 0.0450. The van der Waals surface area contributed by atoms with E-state index in [1.165, 1.54) is 6.08 Å². The lowest BCUT2D eigenvalue weighted by Crippen LogP contribution is -2.28. The number of amides is 2. The number of hydrogen-bond acceptors (Lipinski definition) is 5. The van der Waals surface area contributed by atoms with Crippen LogP contribution >= 0.6 is 11.8 Å². The number of furan rings is 1. The minimum Gasteiger partial charge on any atom is -0.457 e. The van der Waals surface area contributed by atoms with Crippen molar-refractivity contribution >= 4 is 29.0 Å². The highest BCUT2D eigenvalue weighted by molar-refractivity contribution is 8.18. The van der Waals surface area contributed by atoms with E-state index in [1.54, 1.807) is 36.4 Å². The van der Waals surface area contributed by atoms with Crippen molar-refractivity contribution in [2.24, 2.45) is 0 Å². The number of rotatable bonds is 3. The molecule has 1 saturated heterocycles. The van der Waals surface area contributed by atoms with E-state index in [9.17, 15) is 9.59 Å². The summed E-state index contributed by atoms with van der Waals surface area (Å²) in [5, 5.41) is 8.42. The third-order valence-corrected chi connectivity index (χ3v) is 4.23. The maximum Gasteiger partial charge on any atom is 0.294 e. The Morgan fingerprint density at radius 2 is 1.96 bits per heavy atom. The lowest BCUT2D eigenvalue weighted by atomic mass is 10.1. The van der Waals surface area contributed by atoms with Gasteiger partial charge < -0.3 is 4.42 Å². The van der Waals surface area contributed by atoms with Crippen LogP contribution < -0.4 is 0 Å². The SMILES string of the molecule is C#CCN1C(=O)S/C(=C\c2ccc(-c3ccc(C#N)cc3)o2)C1=O. The molecular weight excluding hydrogens is 324 g/mol. The molecule has 3 rings (SSSR count). The van der Waals surface area contributed by atoms with Crippen LogP contribution in [0, 0.1) is 23.7 Å². The Labute approximate surface area is 142 Å². The predicted octanol–water partition coefficient (Wildman–Crippen LogP) is 3.49. The lowest BCUT2D eigenvalue weighted by Gasteiger charge is -2.06. The van der Waals surface area contributed by atoms with Gasteiger partial charge in [-0.15, -0.1) is 6.42 Å². The molecule has 1 fully saturated rings. The van der Waals surface area contributed by atoms with E-state index in [-0.39, 0.29) is 16.7 Å². The van der Waals surface area contributed by atoms with E-state index in [1.807, 2.05) is 0 Å². The van der Waals surface area contributed by atoms with E-state index in [2.05, 4.69) is 12.0 Å². The van der Waals surface area contributed by atoms with Gasteiger partial charge in [-0.3, -0.25) is 14.5 Å². The normalized spacial score (nSPS) is 15.6. The molecule has 6 heteroatoms. The lowest BCUT2D eigenvalue weighted by molar-refractivity contribution is -0.122. The maximum absolute atomic E-state index is 12.1. The Balaban J connectivity index is 1.84. The maximum atomic E-state index is 12.1. The molecule has 0 atom stereocenters. The Morgan fingerprint density at radius 1 is 1.21 bits per heavy atom. The van der Waals surface area contributed by atoms with Gasteiger partial charge in [0.2, 0.25) is 0 Å². The molecule has 1 aliphatic heterocycles. The van der Waals surface area contributed by atoms with Crippen LogP contribution in [0.5, 0.6) is 0 Å². The summed E-state index contributed by atoms with van der Waals surface area (Å²) < 4.78 is 5.69. The molecular formula is C18H10N2O3S. The quantitative estimate of drug-likeness (QED) is 0.634. The predicted molar refractivity (Wildman–Crippen MR) is 90.4 cm³/mol. The van der Waals surface area contributed by atoms with Crippen molar-refractivity contribution in [2.75, 3.05) is 6.54 Å². The first-order valence-electron chi connectivity index (χ1n) is 6.91. The highest BCUT2D eigenvalue weighted by Gasteiger charge is 2.34. The Morgan fingerprint density at radius 3 is 2.62 bits per heavy atom. The summed E-state index contributed by atoms with van der Waals surface area (Å²) in [6.07, 6.45) is 6.68. The van der Waals surface area contributed by atoms with Gasteiger partial charge in [-0.2, -0.15) is 5.26 Å². The fourth-order valence-electron chi connectivity index (χ4n) is 2.15. The molecule has 0 bridgehead atoms. The van der Waals surface area contributed by atoms with Gasteiger partial charge in [-0.25, -0.2) is 0 Å². The zero-order valence-corrected chi connectivity index (χ0v) is 13.2. The van der Waals surface area contributed by atoms with Gasteiger partial charge >= 0.3 is 0 Å². The third kappa shape index (κ3) is 2.96. The average Bonchev–Trinajstić information content (AvgIpc) is 3.16. The van der Waals surface area contributed by atoms with E-state index in [0.29, 0.717) is 17.1 Å². The van der Waals surface area contributed by atoms with Crippen LogP contribution in [-0.2, 0) is 4.79 Å². The second-order valence-corrected chi connectivity index (χ2v) is 5.86. The van der Waals surface area contributed by atoms with Crippen molar-refractivity contribution in [3.8, 4) is 29.7 Å². The fraction of sp³-hybridized carbons (Fsp3) is 0.0556. The molecule has 116 valence electrons. The number of hydrogen-bond donors (Lipinski definition) is 0. The monoisotopic (exact) mass is 334 g/mol. The van der Waals surface area contributed by atoms with Crippen LogP contribution in [0.4, 0.5) is 4.79 Å². The largest absolute Gasteiger partial charge is 0.457 e. The Kier molecular flexibility index (Phi) is 4.24. The number of benzene rings is 1. The molecule has 0 spiro atoms. The van der Waals surface area contributed by atoms with Gasteiger partial charge in [-0.1, -0.05) is 5.92 Å². The first-order valence-corrected chi connectivity index (χ1v) is 7.73. The van der Waals surface area contributed by atoms with Crippen LogP contribution in [0.3, 0.4) is 0 Å². The van der Waals surface area contributed by atoms with Gasteiger partial charge in [-0.05, 0) is 48.2 Å². The molecule has 24 heavy (non-hydrogen) atoms. The van der Waals surface area contributed by atoms with Crippen molar-refractivity contribution in [3.63, 3.8) is 0 Å². The number of nitriles is 1. The average molecular weight is 334 g/mol. The summed E-state index contributed by atoms with van der Waals surface area (Å²) in [6, 6.07) is 12.5. The first kappa shape index (κ1) is 15.7. The first-order chi connectivity index (χ1) is 11.6. The van der Waals surface area contributed by atoms with Gasteiger partial charge in [0.05, 0.1) is 23.1 Å². The summed E-state index contributed by atoms with van der Waals surface area (Å²) in [5.41, 5.74) is 1.38. The van der Waals surface area contributed by atoms with Gasteiger partial charge in [0.25, 0.3) is 11.1 Å². The molecule has 2 aromatic rings. The van der Waals surface area contributed by atoms with E-state index >= 15 is 0 Å². The number of carbonyl (C=O) groups excluding carboxylic acids is 2. The zero-order valence-electron chi connectivity index (χ0n) is 12.4. The number of terminal acetylenes is 1. The van der Waals surface area contributed by atoms with Crippen LogP contribution in [0.25, 0.3) is 17.4 Å². The van der Waals surface area contributed by atoms with Crippen molar-refractivity contribution in [3.05, 3.63) is 52.6 Å². The highest BCUT2D eigenvalue weighted by Crippen LogP contribution is 2.33. The van der Waals surface area contributed by atoms with Crippen molar-refractivity contribution < 1.29 is 14.0 Å². The van der Waals surface area contributed by atoms with Gasteiger partial charge in [0, 0.05) is 11.6 Å². The van der Waals surface area contributed by atoms with E-state index < -0.39 is 5.91 Å². The molecule has 1 aromatic carbocycles. The van der Waals surface area contributed by atoms with Gasteiger partial charge in [0.15, 0.2) is 0 Å². The Hall–Kier alpha value is -3.22. The third-order valence-electron chi connectivity index (χ3n) is 3.32. The molecule has 0 N–H and O–H groups in total. The smallest absolute Gasteiger partial charge is 0.294 e. The molecule has 2 heterocycles. The van der Waals surface area contributed by atoms with Crippen molar-refractivity contribution in [2.45, 2.75) is 0 Å². The van der Waals surface area contributed by atoms with Gasteiger partial charge in [0.1, 0.15) is 11.5 Å². The standard InChI is InChI=1S/C18H10N2O3S/c1-2-9-20-17(21)16(24-18(20)22)10-14-7-8-15(23-14)13-5-3-12(11-19)4-6-13/h1,3-8,10H,9H2/b16-10-. The summed E-state index contributed by atoms with van der Waals surface area (Å²) >= 11 is 0.834. The number of carbonyl (C=O) groups is 2. The molecule has 1 aromatic heterocycles. The topological polar surface area (TPSA) is 74.3 Å². The molecule has 0 saturated carbocycles. The van der Waals surface area contributed by atoms with E-state index in [0.717, 1.165) is 22.2 Å². The molecule has 2 amide bonds. The van der Waals surface area contributed by atoms with Crippen LogP contribution in [0.15, 0.2) is 45.7 Å². The summed E-state index contributed by atoms with van der Waals surface area (Å²) in [5.74, 6) is 2.93. The Bertz CT molecular complexity index is 926. The van der Waals surface area contributed by atoms with Crippen LogP contribution in [0.1, 0.15) is 11.3 Å². The summed E-state index contributed by atoms with van der Waals surface area (Å²) in [4.78, 5) is 25.1. The van der Waals surface area contributed by atoms with Crippen LogP contribution in [-0.4, -0.2) is 22.6 Å². The highest BCUT2D eigenvalue weighted by atomic mass is 32.2. The molecule has 0 radical (unpaired) electrons.